The topological polar surface area (TPSA) is 57.3 Å². The number of fused-ring (bicyclic) bond motifs is 3. The van der Waals surface area contributed by atoms with E-state index in [0.717, 1.165) is 28.0 Å². The zero-order valence-electron chi connectivity index (χ0n) is 14.7. The number of anilines is 1. The molecule has 4 nitrogen and oxygen atoms in total. The molecule has 0 aliphatic rings. The summed E-state index contributed by atoms with van der Waals surface area (Å²) in [5, 5.41) is 15.6. The molecule has 4 heteroatoms. The van der Waals surface area contributed by atoms with Gasteiger partial charge in [0.1, 0.15) is 12.4 Å². The average molecular weight is 346 g/mol. The lowest BCUT2D eigenvalue weighted by atomic mass is 10.1. The Morgan fingerprint density at radius 2 is 1.73 bits per heavy atom. The Kier molecular flexibility index (Phi) is 4.50. The fourth-order valence-corrected chi connectivity index (χ4v) is 3.30. The smallest absolute Gasteiger partial charge is 0.121 e. The number of ether oxygens (including phenoxy) is 1. The van der Waals surface area contributed by atoms with Crippen molar-refractivity contribution in [3.63, 3.8) is 0 Å². The lowest BCUT2D eigenvalue weighted by Gasteiger charge is -2.14. The molecule has 1 aromatic heterocycles. The number of hydrogen-bond acceptors (Lipinski definition) is 3. The van der Waals surface area contributed by atoms with Crippen molar-refractivity contribution in [2.24, 2.45) is 0 Å². The number of rotatable bonds is 6. The fourth-order valence-electron chi connectivity index (χ4n) is 3.30. The zero-order valence-corrected chi connectivity index (χ0v) is 14.7. The molecule has 26 heavy (non-hydrogen) atoms. The van der Waals surface area contributed by atoms with Gasteiger partial charge >= 0.3 is 0 Å². The Morgan fingerprint density at radius 3 is 2.62 bits per heavy atom. The van der Waals surface area contributed by atoms with Gasteiger partial charge in [0.15, 0.2) is 0 Å². The Bertz CT molecular complexity index is 1040. The number of aromatic amines is 1. The van der Waals surface area contributed by atoms with E-state index in [4.69, 9.17) is 4.74 Å². The van der Waals surface area contributed by atoms with Crippen molar-refractivity contribution in [2.45, 2.75) is 13.0 Å². The highest BCUT2D eigenvalue weighted by Crippen LogP contribution is 2.28. The van der Waals surface area contributed by atoms with Crippen LogP contribution in [0.3, 0.4) is 0 Å². The number of aliphatic hydroxyl groups is 1. The maximum absolute atomic E-state index is 9.82. The van der Waals surface area contributed by atoms with Crippen molar-refractivity contribution in [2.75, 3.05) is 18.5 Å². The second-order valence-electron chi connectivity index (χ2n) is 6.42. The fraction of sp³-hybridized carbons (Fsp3) is 0.182. The van der Waals surface area contributed by atoms with Crippen LogP contribution in [0.4, 0.5) is 5.69 Å². The van der Waals surface area contributed by atoms with E-state index in [9.17, 15) is 5.11 Å². The lowest BCUT2D eigenvalue weighted by molar-refractivity contribution is 0.200. The van der Waals surface area contributed by atoms with Crippen molar-refractivity contribution >= 4 is 27.5 Å². The summed E-state index contributed by atoms with van der Waals surface area (Å²) < 4.78 is 5.89. The molecule has 0 bridgehead atoms. The quantitative estimate of drug-likeness (QED) is 0.437. The van der Waals surface area contributed by atoms with Gasteiger partial charge in [0, 0.05) is 40.2 Å². The van der Waals surface area contributed by atoms with Gasteiger partial charge in [-0.25, -0.2) is 0 Å². The van der Waals surface area contributed by atoms with Crippen LogP contribution in [0.25, 0.3) is 21.8 Å². The first-order valence-corrected chi connectivity index (χ1v) is 8.86. The molecule has 1 heterocycles. The highest BCUT2D eigenvalue weighted by molar-refractivity contribution is 6.07. The lowest BCUT2D eigenvalue weighted by Crippen LogP contribution is -2.13. The molecule has 0 saturated heterocycles. The summed E-state index contributed by atoms with van der Waals surface area (Å²) in [6.45, 7) is 2.97. The molecular formula is C22H22N2O2. The third kappa shape index (κ3) is 3.24. The normalized spacial score (nSPS) is 12.4. The molecule has 4 rings (SSSR count). The Labute approximate surface area is 152 Å². The van der Waals surface area contributed by atoms with Gasteiger partial charge in [-0.2, -0.15) is 0 Å². The van der Waals surface area contributed by atoms with Crippen molar-refractivity contribution in [3.8, 4) is 5.75 Å². The number of H-pyrrole nitrogens is 1. The number of aromatic nitrogens is 1. The third-order valence-electron chi connectivity index (χ3n) is 4.57. The minimum absolute atomic E-state index is 0.496. The van der Waals surface area contributed by atoms with Crippen LogP contribution >= 0.6 is 0 Å². The second-order valence-corrected chi connectivity index (χ2v) is 6.42. The van der Waals surface area contributed by atoms with Gasteiger partial charge in [0.05, 0.1) is 11.6 Å². The van der Waals surface area contributed by atoms with E-state index >= 15 is 0 Å². The van der Waals surface area contributed by atoms with E-state index in [-0.39, 0.29) is 0 Å². The Hall–Kier alpha value is -2.98. The largest absolute Gasteiger partial charge is 0.492 e. The van der Waals surface area contributed by atoms with Gasteiger partial charge < -0.3 is 20.1 Å². The van der Waals surface area contributed by atoms with Crippen LogP contribution in [-0.4, -0.2) is 23.2 Å². The number of benzene rings is 3. The first-order chi connectivity index (χ1) is 12.7. The van der Waals surface area contributed by atoms with Crippen LogP contribution in [0.15, 0.2) is 66.7 Å². The highest BCUT2D eigenvalue weighted by Gasteiger charge is 2.07. The van der Waals surface area contributed by atoms with Crippen molar-refractivity contribution in [3.05, 3.63) is 72.3 Å². The van der Waals surface area contributed by atoms with Crippen LogP contribution < -0.4 is 10.1 Å². The molecule has 1 atom stereocenters. The standard InChI is InChI=1S/C22H22N2O2/c1-15(25)17-6-2-4-8-20(17)23-12-13-26-16-10-11-19-18-7-3-5-9-21(18)24-22(19)14-16/h2-11,14-15,23-25H,12-13H2,1H3. The number of para-hydroxylation sites is 2. The molecule has 3 aromatic carbocycles. The molecule has 4 aromatic rings. The van der Waals surface area contributed by atoms with E-state index in [1.165, 1.54) is 10.8 Å². The molecule has 0 saturated carbocycles. The first kappa shape index (κ1) is 16.5. The highest BCUT2D eigenvalue weighted by atomic mass is 16.5. The molecular weight excluding hydrogens is 324 g/mol. The van der Waals surface area contributed by atoms with E-state index in [1.807, 2.05) is 42.5 Å². The minimum Gasteiger partial charge on any atom is -0.492 e. The van der Waals surface area contributed by atoms with Gasteiger partial charge in [-0.3, -0.25) is 0 Å². The number of aliphatic hydroxyl groups excluding tert-OH is 1. The van der Waals surface area contributed by atoms with Gasteiger partial charge in [-0.15, -0.1) is 0 Å². The van der Waals surface area contributed by atoms with Gasteiger partial charge in [-0.1, -0.05) is 36.4 Å². The minimum atomic E-state index is -0.496. The molecule has 132 valence electrons. The summed E-state index contributed by atoms with van der Waals surface area (Å²) in [7, 11) is 0. The van der Waals surface area contributed by atoms with Gasteiger partial charge in [0.2, 0.25) is 0 Å². The van der Waals surface area contributed by atoms with Crippen molar-refractivity contribution in [1.29, 1.82) is 0 Å². The molecule has 0 radical (unpaired) electrons. The zero-order chi connectivity index (χ0) is 17.9. The summed E-state index contributed by atoms with van der Waals surface area (Å²) in [5.74, 6) is 0.842. The SMILES string of the molecule is CC(O)c1ccccc1NCCOc1ccc2c(c1)[nH]c1ccccc12. The van der Waals surface area contributed by atoms with Crippen LogP contribution in [0.1, 0.15) is 18.6 Å². The first-order valence-electron chi connectivity index (χ1n) is 8.86. The maximum Gasteiger partial charge on any atom is 0.121 e. The van der Waals surface area contributed by atoms with Gasteiger partial charge in [-0.05, 0) is 31.2 Å². The Morgan fingerprint density at radius 1 is 0.962 bits per heavy atom. The molecule has 0 aliphatic heterocycles. The summed E-state index contributed by atoms with van der Waals surface area (Å²) in [6, 6.07) is 22.2. The van der Waals surface area contributed by atoms with Crippen LogP contribution in [-0.2, 0) is 0 Å². The third-order valence-corrected chi connectivity index (χ3v) is 4.57. The van der Waals surface area contributed by atoms with E-state index < -0.39 is 6.10 Å². The van der Waals surface area contributed by atoms with Gasteiger partial charge in [0.25, 0.3) is 0 Å². The number of hydrogen-bond donors (Lipinski definition) is 3. The van der Waals surface area contributed by atoms with E-state index in [1.54, 1.807) is 6.92 Å². The van der Waals surface area contributed by atoms with Crippen LogP contribution in [0.5, 0.6) is 5.75 Å². The number of nitrogens with one attached hydrogen (secondary N) is 2. The monoisotopic (exact) mass is 346 g/mol. The molecule has 0 spiro atoms. The molecule has 3 N–H and O–H groups in total. The predicted octanol–water partition coefficient (Wildman–Crippen LogP) is 4.87. The van der Waals surface area contributed by atoms with Crippen molar-refractivity contribution < 1.29 is 9.84 Å². The maximum atomic E-state index is 9.82. The van der Waals surface area contributed by atoms with Crippen molar-refractivity contribution in [1.82, 2.24) is 4.98 Å². The summed E-state index contributed by atoms with van der Waals surface area (Å²) >= 11 is 0. The Balaban J connectivity index is 1.41. The molecule has 1 unspecified atom stereocenters. The molecule has 0 aliphatic carbocycles. The predicted molar refractivity (Wildman–Crippen MR) is 107 cm³/mol. The summed E-state index contributed by atoms with van der Waals surface area (Å²) in [6.07, 6.45) is -0.496. The van der Waals surface area contributed by atoms with Crippen LogP contribution in [0, 0.1) is 0 Å². The van der Waals surface area contributed by atoms with E-state index in [2.05, 4.69) is 34.6 Å². The van der Waals surface area contributed by atoms with E-state index in [0.29, 0.717) is 13.2 Å². The average Bonchev–Trinajstić information content (AvgIpc) is 3.03. The second kappa shape index (κ2) is 7.10. The summed E-state index contributed by atoms with van der Waals surface area (Å²) in [4.78, 5) is 3.43. The summed E-state index contributed by atoms with van der Waals surface area (Å²) in [5.41, 5.74) is 4.05. The molecule has 0 amide bonds. The van der Waals surface area contributed by atoms with Crippen LogP contribution in [0.2, 0.25) is 0 Å². The molecule has 0 fully saturated rings.